The van der Waals surface area contributed by atoms with E-state index in [2.05, 4.69) is 37.1 Å². The molecule has 2 aliphatic rings. The van der Waals surface area contributed by atoms with Crippen LogP contribution in [0.15, 0.2) is 58.7 Å². The normalized spacial score (nSPS) is 29.1. The van der Waals surface area contributed by atoms with Crippen LogP contribution in [0.25, 0.3) is 0 Å². The Morgan fingerprint density at radius 3 is 2.64 bits per heavy atom. The zero-order valence-corrected chi connectivity index (χ0v) is 27.7. The zero-order valence-electron chi connectivity index (χ0n) is 27.7. The molecule has 0 aromatic rings. The molecule has 1 spiro atoms. The summed E-state index contributed by atoms with van der Waals surface area (Å²) >= 11 is 0. The Kier molecular flexibility index (Phi) is 17.0. The van der Waals surface area contributed by atoms with Crippen LogP contribution in [0.5, 0.6) is 0 Å². The van der Waals surface area contributed by atoms with Gasteiger partial charge in [-0.2, -0.15) is 0 Å². The molecule has 2 rings (SSSR count). The molecule has 0 bridgehead atoms. The predicted molar refractivity (Wildman–Crippen MR) is 178 cm³/mol. The number of aldehydes is 1. The van der Waals surface area contributed by atoms with Crippen LogP contribution in [0.2, 0.25) is 0 Å². The molecule has 0 aromatic heterocycles. The number of carbonyl (C=O) groups is 1. The Labute approximate surface area is 266 Å². The number of nitrogens with one attached hydrogen (secondary N) is 2. The maximum atomic E-state index is 12.4. The molecule has 0 amide bonds. The van der Waals surface area contributed by atoms with Gasteiger partial charge in [-0.15, -0.1) is 0 Å². The molecule has 2 fully saturated rings. The minimum atomic E-state index is -1.14. The standard InChI is InChI=1S/C36H60N2O6/c1-6-38-24-28(3)12-7-10-27(2)11-8-13-30(26-44-23-22-40)32-16-18-36(34(32)42)33(14-9-21-39)31(29(4)25-41)15-17-35(36,43)19-20-37-5/h8,11-13,25,32-34,37-40,42-43H,2,6-7,9-10,14-24,26H2,1,3-5H3/b11-8+,28-12+,30-13-,31-29-/t32-,33-,34+,35-,36+/m0/s1. The van der Waals surface area contributed by atoms with Gasteiger partial charge in [0.05, 0.1) is 31.5 Å². The van der Waals surface area contributed by atoms with Gasteiger partial charge in [-0.25, -0.2) is 0 Å². The minimum absolute atomic E-state index is 0.00822. The number of hydrogen-bond acceptors (Lipinski definition) is 8. The summed E-state index contributed by atoms with van der Waals surface area (Å²) in [5, 5.41) is 50.4. The smallest absolute Gasteiger partial charge is 0.145 e. The highest BCUT2D eigenvalue weighted by Crippen LogP contribution is 2.63. The van der Waals surface area contributed by atoms with Crippen molar-refractivity contribution in [2.75, 3.05) is 53.1 Å². The van der Waals surface area contributed by atoms with Crippen molar-refractivity contribution in [1.82, 2.24) is 10.6 Å². The lowest BCUT2D eigenvalue weighted by atomic mass is 9.51. The zero-order chi connectivity index (χ0) is 32.6. The van der Waals surface area contributed by atoms with Gasteiger partial charge >= 0.3 is 0 Å². The van der Waals surface area contributed by atoms with Gasteiger partial charge in [0.15, 0.2) is 0 Å². The molecule has 0 unspecified atom stereocenters. The lowest BCUT2D eigenvalue weighted by Crippen LogP contribution is -2.61. The van der Waals surface area contributed by atoms with Crippen LogP contribution in [0.4, 0.5) is 0 Å². The van der Waals surface area contributed by atoms with Gasteiger partial charge in [-0.1, -0.05) is 54.5 Å². The van der Waals surface area contributed by atoms with Crippen LogP contribution in [-0.4, -0.2) is 91.5 Å². The summed E-state index contributed by atoms with van der Waals surface area (Å²) in [5.74, 6) is -0.494. The van der Waals surface area contributed by atoms with Gasteiger partial charge < -0.3 is 35.8 Å². The molecule has 44 heavy (non-hydrogen) atoms. The average Bonchev–Trinajstić information content (AvgIpc) is 3.36. The predicted octanol–water partition coefficient (Wildman–Crippen LogP) is 4.17. The van der Waals surface area contributed by atoms with E-state index in [1.807, 2.05) is 32.2 Å². The summed E-state index contributed by atoms with van der Waals surface area (Å²) in [7, 11) is 1.86. The average molecular weight is 617 g/mol. The largest absolute Gasteiger partial charge is 0.396 e. The topological polar surface area (TPSA) is 131 Å². The van der Waals surface area contributed by atoms with Crippen LogP contribution in [0, 0.1) is 17.3 Å². The highest BCUT2D eigenvalue weighted by Gasteiger charge is 2.65. The van der Waals surface area contributed by atoms with Crippen molar-refractivity contribution in [3.63, 3.8) is 0 Å². The quantitative estimate of drug-likeness (QED) is 0.0395. The number of hydrogen-bond donors (Lipinski definition) is 6. The van der Waals surface area contributed by atoms with E-state index in [0.29, 0.717) is 57.1 Å². The second-order valence-corrected chi connectivity index (χ2v) is 12.7. The molecule has 250 valence electrons. The van der Waals surface area contributed by atoms with E-state index in [-0.39, 0.29) is 38.3 Å². The Hall–Kier alpha value is -1.91. The fraction of sp³-hybridized carbons (Fsp3) is 0.694. The SMILES string of the molecule is C=C(/C=C/C=C(/COCCO)[C@@H]1CC[C@]2([C@@H]1O)[C@@H](CCCO)/C(=C(/C)C=O)CC[C@]2(O)CCNC)CC/C=C(\C)CNCC. The summed E-state index contributed by atoms with van der Waals surface area (Å²) in [4.78, 5) is 12.0. The third kappa shape index (κ3) is 9.79. The molecule has 0 heterocycles. The summed E-state index contributed by atoms with van der Waals surface area (Å²) in [6.45, 7) is 13.1. The number of allylic oxidation sites excluding steroid dienone is 7. The second-order valence-electron chi connectivity index (χ2n) is 12.7. The summed E-state index contributed by atoms with van der Waals surface area (Å²) in [6, 6.07) is 0. The third-order valence-corrected chi connectivity index (χ3v) is 9.85. The first-order valence-electron chi connectivity index (χ1n) is 16.6. The van der Waals surface area contributed by atoms with Crippen molar-refractivity contribution in [2.45, 2.75) is 90.3 Å². The molecule has 8 heteroatoms. The third-order valence-electron chi connectivity index (χ3n) is 9.85. The second kappa shape index (κ2) is 19.6. The monoisotopic (exact) mass is 616 g/mol. The first-order valence-corrected chi connectivity index (χ1v) is 16.6. The molecule has 0 saturated heterocycles. The Bertz CT molecular complexity index is 1030. The number of carbonyl (C=O) groups excluding carboxylic acids is 1. The van der Waals surface area contributed by atoms with Crippen LogP contribution in [-0.2, 0) is 9.53 Å². The van der Waals surface area contributed by atoms with Gasteiger partial charge in [-0.05, 0) is 109 Å². The first-order chi connectivity index (χ1) is 21.1. The first kappa shape index (κ1) is 38.3. The van der Waals surface area contributed by atoms with Crippen molar-refractivity contribution in [3.05, 3.63) is 58.7 Å². The van der Waals surface area contributed by atoms with E-state index in [1.165, 1.54) is 5.57 Å². The minimum Gasteiger partial charge on any atom is -0.396 e. The molecule has 2 saturated carbocycles. The maximum absolute atomic E-state index is 12.4. The highest BCUT2D eigenvalue weighted by atomic mass is 16.5. The van der Waals surface area contributed by atoms with E-state index < -0.39 is 17.1 Å². The van der Waals surface area contributed by atoms with Gasteiger partial charge in [0.25, 0.3) is 0 Å². The summed E-state index contributed by atoms with van der Waals surface area (Å²) in [5.41, 5.74) is 2.87. The molecule has 2 aliphatic carbocycles. The lowest BCUT2D eigenvalue weighted by Gasteiger charge is -2.57. The molecule has 0 aromatic carbocycles. The number of rotatable bonds is 20. The van der Waals surface area contributed by atoms with Gasteiger partial charge in [-0.3, -0.25) is 4.79 Å². The molecular weight excluding hydrogens is 556 g/mol. The Morgan fingerprint density at radius 1 is 1.20 bits per heavy atom. The van der Waals surface area contributed by atoms with E-state index in [4.69, 9.17) is 4.74 Å². The molecule has 6 N–H and O–H groups in total. The van der Waals surface area contributed by atoms with Crippen LogP contribution >= 0.6 is 0 Å². The van der Waals surface area contributed by atoms with Crippen molar-refractivity contribution in [2.24, 2.45) is 17.3 Å². The van der Waals surface area contributed by atoms with Gasteiger partial charge in [0.1, 0.15) is 6.29 Å². The fourth-order valence-corrected chi connectivity index (χ4v) is 7.51. The molecule has 8 nitrogen and oxygen atoms in total. The molecule has 5 atom stereocenters. The van der Waals surface area contributed by atoms with Gasteiger partial charge in [0, 0.05) is 24.5 Å². The maximum Gasteiger partial charge on any atom is 0.145 e. The lowest BCUT2D eigenvalue weighted by molar-refractivity contribution is -0.180. The number of aliphatic hydroxyl groups is 4. The van der Waals surface area contributed by atoms with Crippen LogP contribution in [0.3, 0.4) is 0 Å². The number of aliphatic hydroxyl groups excluding tert-OH is 3. The summed E-state index contributed by atoms with van der Waals surface area (Å²) in [6.07, 6.45) is 13.9. The Balaban J connectivity index is 2.43. The van der Waals surface area contributed by atoms with Crippen molar-refractivity contribution in [1.29, 1.82) is 0 Å². The number of ether oxygens (including phenoxy) is 1. The van der Waals surface area contributed by atoms with Crippen LogP contribution in [0.1, 0.15) is 78.6 Å². The van der Waals surface area contributed by atoms with Crippen molar-refractivity contribution < 1.29 is 30.0 Å². The fourth-order valence-electron chi connectivity index (χ4n) is 7.51. The highest BCUT2D eigenvalue weighted by molar-refractivity contribution is 5.74. The van der Waals surface area contributed by atoms with Gasteiger partial charge in [0.2, 0.25) is 0 Å². The van der Waals surface area contributed by atoms with E-state index in [0.717, 1.165) is 48.9 Å². The number of likely N-dealkylation sites (N-methyl/N-ethyl adjacent to an activating group) is 1. The molecule has 0 aliphatic heterocycles. The van der Waals surface area contributed by atoms with E-state index in [1.54, 1.807) is 0 Å². The van der Waals surface area contributed by atoms with E-state index >= 15 is 0 Å². The van der Waals surface area contributed by atoms with E-state index in [9.17, 15) is 25.2 Å². The molecular formula is C36H60N2O6. The van der Waals surface area contributed by atoms with Crippen molar-refractivity contribution >= 4 is 6.29 Å². The Morgan fingerprint density at radius 2 is 1.98 bits per heavy atom. The summed E-state index contributed by atoms with van der Waals surface area (Å²) < 4.78 is 5.79. The van der Waals surface area contributed by atoms with Crippen molar-refractivity contribution in [3.8, 4) is 0 Å². The van der Waals surface area contributed by atoms with Crippen LogP contribution < -0.4 is 10.6 Å². The molecule has 0 radical (unpaired) electrons.